The maximum atomic E-state index is 11.8. The Hall–Kier alpha value is -1.31. The highest BCUT2D eigenvalue weighted by Crippen LogP contribution is 2.23. The summed E-state index contributed by atoms with van der Waals surface area (Å²) in [6.07, 6.45) is 0. The van der Waals surface area contributed by atoms with Gasteiger partial charge in [0, 0.05) is 5.02 Å². The summed E-state index contributed by atoms with van der Waals surface area (Å²) in [5, 5.41) is 4.35. The number of benzene rings is 1. The number of hydrogen-bond acceptors (Lipinski definition) is 5. The van der Waals surface area contributed by atoms with Gasteiger partial charge in [0.15, 0.2) is 0 Å². The van der Waals surface area contributed by atoms with Gasteiger partial charge in [0.05, 0.1) is 7.11 Å². The minimum atomic E-state index is -3.73. The first-order chi connectivity index (χ1) is 8.75. The van der Waals surface area contributed by atoms with Gasteiger partial charge in [-0.05, 0) is 25.1 Å². The first kappa shape index (κ1) is 15.7. The smallest absolute Gasteiger partial charge is 0.341 e. The molecule has 0 aromatic heterocycles. The van der Waals surface area contributed by atoms with Gasteiger partial charge < -0.3 is 9.47 Å². The molecule has 1 atom stereocenters. The Morgan fingerprint density at radius 1 is 1.47 bits per heavy atom. The van der Waals surface area contributed by atoms with E-state index in [2.05, 4.69) is 0 Å². The highest BCUT2D eigenvalue weighted by molar-refractivity contribution is 7.89. The molecule has 19 heavy (non-hydrogen) atoms. The van der Waals surface area contributed by atoms with Crippen molar-refractivity contribution < 1.29 is 22.7 Å². The lowest BCUT2D eigenvalue weighted by atomic mass is 10.2. The van der Waals surface area contributed by atoms with E-state index in [1.165, 1.54) is 32.2 Å². The number of methoxy groups -OCH3 is 1. The number of ether oxygens (including phenoxy) is 2. The van der Waals surface area contributed by atoms with Crippen molar-refractivity contribution in [1.82, 2.24) is 0 Å². The number of sulfonamides is 1. The fraction of sp³-hybridized carbons (Fsp3) is 0.364. The van der Waals surface area contributed by atoms with Crippen molar-refractivity contribution in [2.75, 3.05) is 13.7 Å². The predicted octanol–water partition coefficient (Wildman–Crippen LogP) is 1.18. The second kappa shape index (κ2) is 6.23. The zero-order valence-electron chi connectivity index (χ0n) is 10.4. The molecule has 8 heteroatoms. The van der Waals surface area contributed by atoms with Crippen molar-refractivity contribution in [2.45, 2.75) is 12.2 Å². The Kier molecular flexibility index (Phi) is 5.16. The molecular formula is C11H14ClNO5S. The quantitative estimate of drug-likeness (QED) is 0.824. The number of carbonyl (C=O) groups is 1. The summed E-state index contributed by atoms with van der Waals surface area (Å²) in [7, 11) is -2.35. The monoisotopic (exact) mass is 307 g/mol. The molecule has 0 amide bonds. The van der Waals surface area contributed by atoms with E-state index >= 15 is 0 Å². The summed E-state index contributed by atoms with van der Waals surface area (Å²) in [5.41, 5.74) is 0.161. The van der Waals surface area contributed by atoms with Crippen molar-refractivity contribution in [2.24, 2.45) is 5.14 Å². The van der Waals surface area contributed by atoms with Gasteiger partial charge in [-0.25, -0.2) is 18.4 Å². The minimum Gasteiger partial charge on any atom is -0.496 e. The molecule has 6 nitrogen and oxygen atoms in total. The van der Waals surface area contributed by atoms with E-state index in [0.717, 1.165) is 0 Å². The fourth-order valence-corrected chi connectivity index (χ4v) is 1.62. The molecule has 106 valence electrons. The van der Waals surface area contributed by atoms with Gasteiger partial charge in [-0.2, -0.15) is 0 Å². The Labute approximate surface area is 116 Å². The normalized spacial score (nSPS) is 12.8. The Morgan fingerprint density at radius 2 is 2.11 bits per heavy atom. The van der Waals surface area contributed by atoms with Crippen molar-refractivity contribution in [3.63, 3.8) is 0 Å². The summed E-state index contributed by atoms with van der Waals surface area (Å²) in [6.45, 7) is 1.02. The van der Waals surface area contributed by atoms with Gasteiger partial charge in [0.2, 0.25) is 10.0 Å². The van der Waals surface area contributed by atoms with E-state index in [1.54, 1.807) is 0 Å². The SMILES string of the molecule is COc1cc(Cl)ccc1C(=O)OC[C@H](C)S(N)(=O)=O. The summed E-state index contributed by atoms with van der Waals surface area (Å²) in [6, 6.07) is 4.40. The molecule has 1 rings (SSSR count). The Balaban J connectivity index is 2.79. The van der Waals surface area contributed by atoms with Gasteiger partial charge in [-0.1, -0.05) is 11.6 Å². The lowest BCUT2D eigenvalue weighted by Gasteiger charge is -2.12. The first-order valence-electron chi connectivity index (χ1n) is 5.28. The third-order valence-corrected chi connectivity index (χ3v) is 3.89. The molecule has 0 saturated heterocycles. The zero-order valence-corrected chi connectivity index (χ0v) is 12.0. The van der Waals surface area contributed by atoms with Crippen LogP contribution < -0.4 is 9.88 Å². The average molecular weight is 308 g/mol. The first-order valence-corrected chi connectivity index (χ1v) is 7.26. The van der Waals surface area contributed by atoms with Crippen molar-refractivity contribution >= 4 is 27.6 Å². The number of rotatable bonds is 5. The van der Waals surface area contributed by atoms with E-state index in [0.29, 0.717) is 5.02 Å². The molecule has 0 heterocycles. The topological polar surface area (TPSA) is 95.7 Å². The van der Waals surface area contributed by atoms with Crippen molar-refractivity contribution in [1.29, 1.82) is 0 Å². The molecule has 0 aliphatic heterocycles. The van der Waals surface area contributed by atoms with Gasteiger partial charge in [-0.3, -0.25) is 0 Å². The largest absolute Gasteiger partial charge is 0.496 e. The Bertz CT molecular complexity index is 572. The molecular weight excluding hydrogens is 294 g/mol. The van der Waals surface area contributed by atoms with Crippen molar-refractivity contribution in [3.8, 4) is 5.75 Å². The van der Waals surface area contributed by atoms with E-state index in [9.17, 15) is 13.2 Å². The average Bonchev–Trinajstić information content (AvgIpc) is 2.33. The van der Waals surface area contributed by atoms with Crippen LogP contribution in [0.25, 0.3) is 0 Å². The van der Waals surface area contributed by atoms with Crippen LogP contribution in [0.3, 0.4) is 0 Å². The summed E-state index contributed by atoms with van der Waals surface area (Å²) >= 11 is 5.76. The number of carbonyl (C=O) groups excluding carboxylic acids is 1. The second-order valence-electron chi connectivity index (χ2n) is 3.84. The van der Waals surface area contributed by atoms with Crippen LogP contribution in [0.15, 0.2) is 18.2 Å². The number of halogens is 1. The molecule has 0 unspecified atom stereocenters. The zero-order chi connectivity index (χ0) is 14.6. The molecule has 0 bridgehead atoms. The van der Waals surface area contributed by atoms with Gasteiger partial charge in [-0.15, -0.1) is 0 Å². The summed E-state index contributed by atoms with van der Waals surface area (Å²) in [4.78, 5) is 11.8. The second-order valence-corrected chi connectivity index (χ2v) is 6.26. The molecule has 0 aliphatic carbocycles. The highest BCUT2D eigenvalue weighted by atomic mass is 35.5. The third-order valence-electron chi connectivity index (χ3n) is 2.39. The minimum absolute atomic E-state index is 0.161. The van der Waals surface area contributed by atoms with Gasteiger partial charge in [0.25, 0.3) is 0 Å². The molecule has 1 aromatic rings. The van der Waals surface area contributed by atoms with E-state index in [1.807, 2.05) is 0 Å². The fourth-order valence-electron chi connectivity index (χ4n) is 1.20. The molecule has 1 aromatic carbocycles. The van der Waals surface area contributed by atoms with Crippen LogP contribution >= 0.6 is 11.6 Å². The molecule has 0 radical (unpaired) electrons. The van der Waals surface area contributed by atoms with Crippen LogP contribution in [0.1, 0.15) is 17.3 Å². The summed E-state index contributed by atoms with van der Waals surface area (Å²) in [5.74, 6) is -0.454. The standard InChI is InChI=1S/C11H14ClNO5S/c1-7(19(13,15)16)6-18-11(14)9-4-3-8(12)5-10(9)17-2/h3-5,7H,6H2,1-2H3,(H2,13,15,16)/t7-/m0/s1. The number of nitrogens with two attached hydrogens (primary N) is 1. The molecule has 0 aliphatic rings. The van der Waals surface area contributed by atoms with Gasteiger partial charge in [0.1, 0.15) is 23.2 Å². The summed E-state index contributed by atoms with van der Waals surface area (Å²) < 4.78 is 31.9. The lowest BCUT2D eigenvalue weighted by molar-refractivity contribution is 0.0505. The predicted molar refractivity (Wildman–Crippen MR) is 70.9 cm³/mol. The van der Waals surface area contributed by atoms with Crippen LogP contribution in [-0.4, -0.2) is 33.4 Å². The number of esters is 1. The van der Waals surface area contributed by atoms with E-state index < -0.39 is 21.2 Å². The van der Waals surface area contributed by atoms with Crippen LogP contribution in [-0.2, 0) is 14.8 Å². The van der Waals surface area contributed by atoms with Crippen LogP contribution in [0.2, 0.25) is 5.02 Å². The van der Waals surface area contributed by atoms with Gasteiger partial charge >= 0.3 is 5.97 Å². The third kappa shape index (κ3) is 4.38. The molecule has 2 N–H and O–H groups in total. The Morgan fingerprint density at radius 3 is 2.63 bits per heavy atom. The molecule has 0 spiro atoms. The van der Waals surface area contributed by atoms with Crippen LogP contribution in [0.4, 0.5) is 0 Å². The maximum absolute atomic E-state index is 11.8. The lowest BCUT2D eigenvalue weighted by Crippen LogP contribution is -2.30. The number of hydrogen-bond donors (Lipinski definition) is 1. The van der Waals surface area contributed by atoms with E-state index in [-0.39, 0.29) is 17.9 Å². The molecule has 0 fully saturated rings. The van der Waals surface area contributed by atoms with Crippen molar-refractivity contribution in [3.05, 3.63) is 28.8 Å². The maximum Gasteiger partial charge on any atom is 0.341 e. The molecule has 0 saturated carbocycles. The van der Waals surface area contributed by atoms with E-state index in [4.69, 9.17) is 26.2 Å². The van der Waals surface area contributed by atoms with Crippen LogP contribution in [0.5, 0.6) is 5.75 Å². The number of primary sulfonamides is 1. The van der Waals surface area contributed by atoms with Crippen LogP contribution in [0, 0.1) is 0 Å². The highest BCUT2D eigenvalue weighted by Gasteiger charge is 2.20.